The highest BCUT2D eigenvalue weighted by molar-refractivity contribution is 5.92. The minimum Gasteiger partial charge on any atom is -0.368 e. The third-order valence-corrected chi connectivity index (χ3v) is 4.84. The summed E-state index contributed by atoms with van der Waals surface area (Å²) in [6, 6.07) is 12.5. The van der Waals surface area contributed by atoms with Crippen LogP contribution in [0.1, 0.15) is 16.1 Å². The molecule has 1 aromatic carbocycles. The molecule has 1 saturated heterocycles. The molecule has 1 aliphatic heterocycles. The molecule has 2 heterocycles. The number of aryl methyl sites for hydroxylation is 1. The van der Waals surface area contributed by atoms with Gasteiger partial charge in [0.25, 0.3) is 5.91 Å². The Bertz CT molecular complexity index is 751. The maximum absolute atomic E-state index is 12.1. The fourth-order valence-corrected chi connectivity index (χ4v) is 3.24. The Labute approximate surface area is 161 Å². The number of benzene rings is 1. The normalized spacial score (nSPS) is 14.5. The summed E-state index contributed by atoms with van der Waals surface area (Å²) in [5, 5.41) is 2.89. The summed E-state index contributed by atoms with van der Waals surface area (Å²) < 4.78 is 0. The Morgan fingerprint density at radius 1 is 1.07 bits per heavy atom. The number of carbonyl (C=O) groups is 1. The SMILES string of the molecule is Cc1cccc(N2CCN(c3ccc(C(=O)NCCN(C)C)nc3)CC2)c1. The number of carbonyl (C=O) groups excluding carboxylic acids is 1. The van der Waals surface area contributed by atoms with Gasteiger partial charge in [-0.2, -0.15) is 0 Å². The minimum absolute atomic E-state index is 0.118. The number of amides is 1. The Balaban J connectivity index is 1.53. The Kier molecular flexibility index (Phi) is 6.29. The van der Waals surface area contributed by atoms with Crippen molar-refractivity contribution in [2.45, 2.75) is 6.92 Å². The van der Waals surface area contributed by atoms with Crippen LogP contribution in [0, 0.1) is 6.92 Å². The van der Waals surface area contributed by atoms with Gasteiger partial charge in [-0.1, -0.05) is 12.1 Å². The highest BCUT2D eigenvalue weighted by atomic mass is 16.1. The number of hydrogen-bond donors (Lipinski definition) is 1. The first kappa shape index (κ1) is 19.2. The topological polar surface area (TPSA) is 51.7 Å². The fourth-order valence-electron chi connectivity index (χ4n) is 3.24. The molecule has 0 spiro atoms. The third kappa shape index (κ3) is 5.20. The van der Waals surface area contributed by atoms with E-state index in [2.05, 4.69) is 51.3 Å². The van der Waals surface area contributed by atoms with Crippen LogP contribution < -0.4 is 15.1 Å². The molecule has 0 atom stereocenters. The van der Waals surface area contributed by atoms with Crippen LogP contribution >= 0.6 is 0 Å². The molecule has 1 fully saturated rings. The van der Waals surface area contributed by atoms with E-state index < -0.39 is 0 Å². The smallest absolute Gasteiger partial charge is 0.269 e. The molecule has 27 heavy (non-hydrogen) atoms. The van der Waals surface area contributed by atoms with E-state index in [0.29, 0.717) is 12.2 Å². The van der Waals surface area contributed by atoms with E-state index >= 15 is 0 Å². The Hall–Kier alpha value is -2.60. The summed E-state index contributed by atoms with van der Waals surface area (Å²) in [7, 11) is 3.97. The second-order valence-corrected chi connectivity index (χ2v) is 7.27. The summed E-state index contributed by atoms with van der Waals surface area (Å²) in [6.07, 6.45) is 1.81. The lowest BCUT2D eigenvalue weighted by Gasteiger charge is -2.37. The van der Waals surface area contributed by atoms with Gasteiger partial charge in [-0.3, -0.25) is 4.79 Å². The lowest BCUT2D eigenvalue weighted by molar-refractivity contribution is 0.0946. The molecule has 144 valence electrons. The molecule has 1 N–H and O–H groups in total. The van der Waals surface area contributed by atoms with Crippen LogP contribution in [0.15, 0.2) is 42.6 Å². The second kappa shape index (κ2) is 8.86. The molecule has 1 amide bonds. The van der Waals surface area contributed by atoms with Crippen molar-refractivity contribution in [2.24, 2.45) is 0 Å². The average molecular weight is 367 g/mol. The van der Waals surface area contributed by atoms with Crippen molar-refractivity contribution in [2.75, 3.05) is 63.2 Å². The molecule has 0 bridgehead atoms. The van der Waals surface area contributed by atoms with Gasteiger partial charge in [0, 0.05) is 45.0 Å². The van der Waals surface area contributed by atoms with E-state index in [1.165, 1.54) is 11.3 Å². The predicted octanol–water partition coefficient (Wildman–Crippen LogP) is 2.01. The Morgan fingerprint density at radius 3 is 2.37 bits per heavy atom. The zero-order chi connectivity index (χ0) is 19.2. The van der Waals surface area contributed by atoms with Crippen molar-refractivity contribution < 1.29 is 4.79 Å². The van der Waals surface area contributed by atoms with Gasteiger partial charge in [0.1, 0.15) is 5.69 Å². The van der Waals surface area contributed by atoms with Gasteiger partial charge < -0.3 is 20.0 Å². The van der Waals surface area contributed by atoms with Gasteiger partial charge in [0.05, 0.1) is 11.9 Å². The summed E-state index contributed by atoms with van der Waals surface area (Å²) in [4.78, 5) is 23.3. The lowest BCUT2D eigenvalue weighted by atomic mass is 10.2. The number of pyridine rings is 1. The maximum Gasteiger partial charge on any atom is 0.269 e. The largest absolute Gasteiger partial charge is 0.368 e. The van der Waals surface area contributed by atoms with E-state index in [4.69, 9.17) is 0 Å². The Morgan fingerprint density at radius 2 is 1.78 bits per heavy atom. The van der Waals surface area contributed by atoms with Crippen LogP contribution in [-0.2, 0) is 0 Å². The van der Waals surface area contributed by atoms with Crippen LogP contribution in [0.2, 0.25) is 0 Å². The average Bonchev–Trinajstić information content (AvgIpc) is 2.68. The van der Waals surface area contributed by atoms with Crippen molar-refractivity contribution in [3.63, 3.8) is 0 Å². The van der Waals surface area contributed by atoms with Crippen LogP contribution in [0.25, 0.3) is 0 Å². The van der Waals surface area contributed by atoms with Gasteiger partial charge in [-0.05, 0) is 50.8 Å². The molecule has 6 heteroatoms. The summed E-state index contributed by atoms with van der Waals surface area (Å²) >= 11 is 0. The van der Waals surface area contributed by atoms with Crippen molar-refractivity contribution >= 4 is 17.3 Å². The van der Waals surface area contributed by atoms with Gasteiger partial charge in [0.15, 0.2) is 0 Å². The number of piperazine rings is 1. The molecule has 0 unspecified atom stereocenters. The van der Waals surface area contributed by atoms with Crippen LogP contribution in [0.3, 0.4) is 0 Å². The lowest BCUT2D eigenvalue weighted by Crippen LogP contribution is -2.46. The highest BCUT2D eigenvalue weighted by Gasteiger charge is 2.18. The van der Waals surface area contributed by atoms with Crippen LogP contribution in [-0.4, -0.2) is 69.2 Å². The van der Waals surface area contributed by atoms with E-state index in [-0.39, 0.29) is 5.91 Å². The molecule has 6 nitrogen and oxygen atoms in total. The molecule has 1 aliphatic rings. The van der Waals surface area contributed by atoms with Crippen LogP contribution in [0.4, 0.5) is 11.4 Å². The minimum atomic E-state index is -0.118. The number of likely N-dealkylation sites (N-methyl/N-ethyl adjacent to an activating group) is 1. The number of hydrogen-bond acceptors (Lipinski definition) is 5. The molecule has 1 aromatic heterocycles. The van der Waals surface area contributed by atoms with Gasteiger partial charge in [0.2, 0.25) is 0 Å². The molecule has 2 aromatic rings. The standard InChI is InChI=1S/C21H29N5O/c1-17-5-4-6-18(15-17)25-11-13-26(14-12-25)19-7-8-20(23-16-19)21(27)22-9-10-24(2)3/h4-8,15-16H,9-14H2,1-3H3,(H,22,27). The molecule has 3 rings (SSSR count). The fraction of sp³-hybridized carbons (Fsp3) is 0.429. The van der Waals surface area contributed by atoms with Gasteiger partial charge in [-0.25, -0.2) is 4.98 Å². The third-order valence-electron chi connectivity index (χ3n) is 4.84. The maximum atomic E-state index is 12.1. The molecule has 0 saturated carbocycles. The van der Waals surface area contributed by atoms with Crippen molar-refractivity contribution in [1.29, 1.82) is 0 Å². The number of nitrogens with one attached hydrogen (secondary N) is 1. The van der Waals surface area contributed by atoms with Crippen molar-refractivity contribution in [3.05, 3.63) is 53.9 Å². The summed E-state index contributed by atoms with van der Waals surface area (Å²) in [6.45, 7) is 7.43. The number of aromatic nitrogens is 1. The number of nitrogens with zero attached hydrogens (tertiary/aromatic N) is 4. The predicted molar refractivity (Wildman–Crippen MR) is 111 cm³/mol. The number of rotatable bonds is 6. The molecular weight excluding hydrogens is 338 g/mol. The van der Waals surface area contributed by atoms with Crippen molar-refractivity contribution in [1.82, 2.24) is 15.2 Å². The highest BCUT2D eigenvalue weighted by Crippen LogP contribution is 2.21. The monoisotopic (exact) mass is 367 g/mol. The molecule has 0 radical (unpaired) electrons. The van der Waals surface area contributed by atoms with E-state index in [9.17, 15) is 4.79 Å². The second-order valence-electron chi connectivity index (χ2n) is 7.27. The molecular formula is C21H29N5O. The van der Waals surface area contributed by atoms with E-state index in [1.807, 2.05) is 37.3 Å². The van der Waals surface area contributed by atoms with Gasteiger partial charge >= 0.3 is 0 Å². The zero-order valence-electron chi connectivity index (χ0n) is 16.5. The van der Waals surface area contributed by atoms with E-state index in [0.717, 1.165) is 38.4 Å². The molecule has 0 aliphatic carbocycles. The number of anilines is 2. The zero-order valence-corrected chi connectivity index (χ0v) is 16.5. The first-order chi connectivity index (χ1) is 13.0. The quantitative estimate of drug-likeness (QED) is 0.846. The first-order valence-electron chi connectivity index (χ1n) is 9.48. The van der Waals surface area contributed by atoms with Gasteiger partial charge in [-0.15, -0.1) is 0 Å². The van der Waals surface area contributed by atoms with E-state index in [1.54, 1.807) is 0 Å². The first-order valence-corrected chi connectivity index (χ1v) is 9.48. The summed E-state index contributed by atoms with van der Waals surface area (Å²) in [5.74, 6) is -0.118. The van der Waals surface area contributed by atoms with Crippen LogP contribution in [0.5, 0.6) is 0 Å². The summed E-state index contributed by atoms with van der Waals surface area (Å²) in [5.41, 5.74) is 4.12. The van der Waals surface area contributed by atoms with Crippen molar-refractivity contribution in [3.8, 4) is 0 Å².